The normalized spacial score (nSPS) is 14.4. The highest BCUT2D eigenvalue weighted by atomic mass is 19.1. The summed E-state index contributed by atoms with van der Waals surface area (Å²) in [6.07, 6.45) is 3.47. The van der Waals surface area contributed by atoms with E-state index in [1.54, 1.807) is 30.1 Å². The second kappa shape index (κ2) is 6.15. The van der Waals surface area contributed by atoms with E-state index in [4.69, 9.17) is 5.73 Å². The summed E-state index contributed by atoms with van der Waals surface area (Å²) in [7, 11) is 1.78. The number of aromatic amines is 1. The lowest BCUT2D eigenvalue weighted by Gasteiger charge is -2.04. The number of halogens is 1. The van der Waals surface area contributed by atoms with E-state index in [2.05, 4.69) is 10.3 Å². The molecule has 0 spiro atoms. The number of nitrogens with zero attached hydrogens (tertiary/aromatic N) is 1. The maximum atomic E-state index is 13.7. The number of nitrogens with two attached hydrogens (primary N) is 1. The molecule has 2 amide bonds. The van der Waals surface area contributed by atoms with Gasteiger partial charge in [-0.25, -0.2) is 4.39 Å². The van der Waals surface area contributed by atoms with Gasteiger partial charge in [0, 0.05) is 53.4 Å². The van der Waals surface area contributed by atoms with Crippen LogP contribution in [0.25, 0.3) is 33.0 Å². The number of nitrogens with one attached hydrogen (secondary N) is 2. The van der Waals surface area contributed by atoms with Crippen LogP contribution in [0.5, 0.6) is 0 Å². The van der Waals surface area contributed by atoms with Crippen molar-refractivity contribution in [1.82, 2.24) is 14.9 Å². The van der Waals surface area contributed by atoms with Crippen LogP contribution in [0.4, 0.5) is 4.39 Å². The number of H-pyrrole nitrogens is 1. The van der Waals surface area contributed by atoms with E-state index in [1.165, 1.54) is 12.1 Å². The molecule has 1 aliphatic heterocycles. The first-order chi connectivity index (χ1) is 14.0. The quantitative estimate of drug-likeness (QED) is 0.471. The van der Waals surface area contributed by atoms with Crippen LogP contribution in [0, 0.1) is 5.82 Å². The van der Waals surface area contributed by atoms with Crippen molar-refractivity contribution in [1.29, 1.82) is 0 Å². The van der Waals surface area contributed by atoms with Crippen LogP contribution in [0.3, 0.4) is 0 Å². The number of rotatable bonds is 3. The highest BCUT2D eigenvalue weighted by Crippen LogP contribution is 2.38. The molecule has 1 aliphatic rings. The molecule has 5 rings (SSSR count). The predicted molar refractivity (Wildman–Crippen MR) is 109 cm³/mol. The van der Waals surface area contributed by atoms with E-state index in [0.717, 1.165) is 16.5 Å². The van der Waals surface area contributed by atoms with E-state index in [-0.39, 0.29) is 11.4 Å². The third-order valence-corrected chi connectivity index (χ3v) is 5.40. The van der Waals surface area contributed by atoms with E-state index < -0.39 is 11.8 Å². The summed E-state index contributed by atoms with van der Waals surface area (Å²) in [5.74, 6) is -1.28. The highest BCUT2D eigenvalue weighted by Gasteiger charge is 2.34. The first-order valence-corrected chi connectivity index (χ1v) is 9.13. The number of hydrogen-bond acceptors (Lipinski definition) is 3. The number of carbonyl (C=O) groups excluding carboxylic acids is 2. The van der Waals surface area contributed by atoms with E-state index >= 15 is 0 Å². The summed E-state index contributed by atoms with van der Waals surface area (Å²) in [5.41, 5.74) is 9.98. The molecule has 7 heteroatoms. The Morgan fingerprint density at radius 2 is 1.72 bits per heavy atom. The van der Waals surface area contributed by atoms with Crippen molar-refractivity contribution < 1.29 is 14.0 Å². The Hall–Kier alpha value is -3.71. The molecule has 0 saturated heterocycles. The molecule has 3 heterocycles. The summed E-state index contributed by atoms with van der Waals surface area (Å²) in [6, 6.07) is 10.1. The maximum absolute atomic E-state index is 13.7. The molecule has 0 bridgehead atoms. The van der Waals surface area contributed by atoms with Crippen LogP contribution < -0.4 is 11.1 Å². The van der Waals surface area contributed by atoms with E-state index in [1.807, 2.05) is 18.2 Å². The first-order valence-electron chi connectivity index (χ1n) is 9.13. The monoisotopic (exact) mass is 388 g/mol. The average Bonchev–Trinajstić information content (AvgIpc) is 3.34. The first kappa shape index (κ1) is 17.4. The molecule has 0 saturated carbocycles. The lowest BCUT2D eigenvalue weighted by Crippen LogP contribution is -2.22. The Balaban J connectivity index is 1.81. The van der Waals surface area contributed by atoms with Gasteiger partial charge in [-0.05, 0) is 29.8 Å². The summed E-state index contributed by atoms with van der Waals surface area (Å²) in [4.78, 5) is 28.6. The van der Waals surface area contributed by atoms with Crippen molar-refractivity contribution >= 4 is 44.8 Å². The number of imide groups is 1. The molecule has 0 aliphatic carbocycles. The molecule has 144 valence electrons. The van der Waals surface area contributed by atoms with Crippen molar-refractivity contribution in [3.8, 4) is 0 Å². The third-order valence-electron chi connectivity index (χ3n) is 5.40. The summed E-state index contributed by atoms with van der Waals surface area (Å²) >= 11 is 0. The zero-order valence-corrected chi connectivity index (χ0v) is 15.5. The Morgan fingerprint density at radius 3 is 2.48 bits per heavy atom. The number of aromatic nitrogens is 2. The van der Waals surface area contributed by atoms with Gasteiger partial charge in [-0.3, -0.25) is 14.9 Å². The van der Waals surface area contributed by atoms with Gasteiger partial charge in [0.15, 0.2) is 0 Å². The molecule has 4 N–H and O–H groups in total. The standard InChI is InChI=1S/C22H17FN4O2/c1-27-10-16(14-5-3-12(23)7-18(14)27)20-19(21(28)26-22(20)29)15-9-25-17-6-11(8-24)2-4-13(15)17/h2-7,9-10,25H,8,24H2,1H3,(H,26,28,29). The summed E-state index contributed by atoms with van der Waals surface area (Å²) in [6.45, 7) is 0.407. The van der Waals surface area contributed by atoms with Gasteiger partial charge in [-0.2, -0.15) is 0 Å². The molecule has 2 aromatic heterocycles. The molecule has 0 unspecified atom stereocenters. The second-order valence-electron chi connectivity index (χ2n) is 7.13. The van der Waals surface area contributed by atoms with Crippen molar-refractivity contribution in [2.45, 2.75) is 6.54 Å². The minimum absolute atomic E-state index is 0.288. The molecule has 0 radical (unpaired) electrons. The Bertz CT molecular complexity index is 1380. The fourth-order valence-corrected chi connectivity index (χ4v) is 4.03. The van der Waals surface area contributed by atoms with Gasteiger partial charge in [-0.1, -0.05) is 12.1 Å². The van der Waals surface area contributed by atoms with E-state index in [9.17, 15) is 14.0 Å². The van der Waals surface area contributed by atoms with Crippen molar-refractivity contribution in [3.63, 3.8) is 0 Å². The SMILES string of the molecule is Cn1cc(C2=C(c3c[nH]c4cc(CN)ccc34)C(=O)NC2=O)c2ccc(F)cc21. The van der Waals surface area contributed by atoms with Gasteiger partial charge in [-0.15, -0.1) is 0 Å². The van der Waals surface area contributed by atoms with Crippen molar-refractivity contribution in [3.05, 3.63) is 71.3 Å². The van der Waals surface area contributed by atoms with Crippen LogP contribution in [0.1, 0.15) is 16.7 Å². The second-order valence-corrected chi connectivity index (χ2v) is 7.13. The Kier molecular flexibility index (Phi) is 3.69. The number of carbonyl (C=O) groups is 2. The Morgan fingerprint density at radius 1 is 1.00 bits per heavy atom. The molecule has 0 atom stereocenters. The summed E-state index contributed by atoms with van der Waals surface area (Å²) < 4.78 is 15.5. The number of benzene rings is 2. The lowest BCUT2D eigenvalue weighted by molar-refractivity contribution is -0.122. The lowest BCUT2D eigenvalue weighted by atomic mass is 9.95. The van der Waals surface area contributed by atoms with Gasteiger partial charge < -0.3 is 15.3 Å². The molecule has 4 aromatic rings. The molecule has 29 heavy (non-hydrogen) atoms. The summed E-state index contributed by atoms with van der Waals surface area (Å²) in [5, 5.41) is 3.94. The zero-order chi connectivity index (χ0) is 20.3. The minimum atomic E-state index is -0.463. The van der Waals surface area contributed by atoms with E-state index in [0.29, 0.717) is 34.1 Å². The molecular formula is C22H17FN4O2. The molecular weight excluding hydrogens is 371 g/mol. The fourth-order valence-electron chi connectivity index (χ4n) is 4.03. The zero-order valence-electron chi connectivity index (χ0n) is 15.5. The van der Waals surface area contributed by atoms with Crippen molar-refractivity contribution in [2.75, 3.05) is 0 Å². The number of fused-ring (bicyclic) bond motifs is 2. The minimum Gasteiger partial charge on any atom is -0.361 e. The number of amides is 2. The van der Waals surface area contributed by atoms with Crippen LogP contribution in [-0.4, -0.2) is 21.4 Å². The molecule has 6 nitrogen and oxygen atoms in total. The average molecular weight is 388 g/mol. The van der Waals surface area contributed by atoms with Gasteiger partial charge in [0.1, 0.15) is 5.82 Å². The van der Waals surface area contributed by atoms with Gasteiger partial charge in [0.2, 0.25) is 0 Å². The van der Waals surface area contributed by atoms with Gasteiger partial charge in [0.05, 0.1) is 16.7 Å². The molecule has 0 fully saturated rings. The van der Waals surface area contributed by atoms with Crippen LogP contribution in [0.2, 0.25) is 0 Å². The maximum Gasteiger partial charge on any atom is 0.259 e. The Labute approximate surface area is 164 Å². The third kappa shape index (κ3) is 2.51. The van der Waals surface area contributed by atoms with Crippen molar-refractivity contribution in [2.24, 2.45) is 12.8 Å². The van der Waals surface area contributed by atoms with Gasteiger partial charge in [0.25, 0.3) is 11.8 Å². The predicted octanol–water partition coefficient (Wildman–Crippen LogP) is 2.82. The number of aryl methyl sites for hydroxylation is 1. The topological polar surface area (TPSA) is 92.9 Å². The van der Waals surface area contributed by atoms with Gasteiger partial charge >= 0.3 is 0 Å². The van der Waals surface area contributed by atoms with Crippen LogP contribution in [-0.2, 0) is 23.2 Å². The van der Waals surface area contributed by atoms with Crippen LogP contribution >= 0.6 is 0 Å². The largest absolute Gasteiger partial charge is 0.361 e. The van der Waals surface area contributed by atoms with Crippen LogP contribution in [0.15, 0.2) is 48.8 Å². The number of hydrogen-bond donors (Lipinski definition) is 3. The molecule has 2 aromatic carbocycles. The highest BCUT2D eigenvalue weighted by molar-refractivity contribution is 6.50. The fraction of sp³-hybridized carbons (Fsp3) is 0.0909. The smallest absolute Gasteiger partial charge is 0.259 e.